The molecule has 0 unspecified atom stereocenters. The molecule has 0 radical (unpaired) electrons. The number of piperidine rings is 1. The van der Waals surface area contributed by atoms with Crippen LogP contribution in [0.25, 0.3) is 11.1 Å². The number of hydrogen-bond donors (Lipinski definition) is 2. The van der Waals surface area contributed by atoms with Gasteiger partial charge in [-0.05, 0) is 42.9 Å². The van der Waals surface area contributed by atoms with Gasteiger partial charge >= 0.3 is 6.09 Å². The molecule has 3 aliphatic heterocycles. The zero-order valence-electron chi connectivity index (χ0n) is 20.0. The zero-order valence-corrected chi connectivity index (χ0v) is 20.7. The van der Waals surface area contributed by atoms with Gasteiger partial charge in [0, 0.05) is 51.0 Å². The number of fused-ring (bicyclic) bond motifs is 1. The summed E-state index contributed by atoms with van der Waals surface area (Å²) in [7, 11) is 0. The number of benzene rings is 1. The van der Waals surface area contributed by atoms with E-state index in [0.717, 1.165) is 68.2 Å². The standard InChI is InChI=1S/C25H29ClN6O4/c26-18-15-17(1-2-20(18)30-10-13-35-14-11-30)27-23-28-19-3-12-36-21(19)22(29-23)31-7-4-25(5-8-31)6-9-32(16-25)24(33)34/h1-3,12,15H,4-11,13-14,16H2,(H,33,34)(H,27,28,29). The lowest BCUT2D eigenvalue weighted by atomic mass is 9.78. The van der Waals surface area contributed by atoms with Crippen LogP contribution in [-0.2, 0) is 4.74 Å². The number of likely N-dealkylation sites (tertiary alicyclic amines) is 1. The van der Waals surface area contributed by atoms with E-state index < -0.39 is 6.09 Å². The van der Waals surface area contributed by atoms with Crippen LogP contribution in [0.15, 0.2) is 34.9 Å². The van der Waals surface area contributed by atoms with Gasteiger partial charge in [0.05, 0.1) is 30.2 Å². The largest absolute Gasteiger partial charge is 0.465 e. The fraction of sp³-hybridized carbons (Fsp3) is 0.480. The molecule has 10 nitrogen and oxygen atoms in total. The van der Waals surface area contributed by atoms with E-state index in [0.29, 0.717) is 42.9 Å². The van der Waals surface area contributed by atoms with Crippen molar-refractivity contribution in [3.05, 3.63) is 35.6 Å². The zero-order chi connectivity index (χ0) is 24.7. The Bertz CT molecular complexity index is 1270. The molecule has 2 N–H and O–H groups in total. The maximum atomic E-state index is 11.4. The molecule has 5 heterocycles. The Morgan fingerprint density at radius 2 is 1.81 bits per heavy atom. The molecule has 3 fully saturated rings. The summed E-state index contributed by atoms with van der Waals surface area (Å²) in [6.45, 7) is 5.86. The average molecular weight is 513 g/mol. The highest BCUT2D eigenvalue weighted by Crippen LogP contribution is 2.42. The van der Waals surface area contributed by atoms with E-state index in [9.17, 15) is 9.90 Å². The third-order valence-corrected chi connectivity index (χ3v) is 7.98. The van der Waals surface area contributed by atoms with Crippen molar-refractivity contribution in [2.75, 3.05) is 67.6 Å². The van der Waals surface area contributed by atoms with Crippen LogP contribution < -0.4 is 15.1 Å². The summed E-state index contributed by atoms with van der Waals surface area (Å²) >= 11 is 6.62. The average Bonchev–Trinajstić information content (AvgIpc) is 3.52. The number of halogens is 1. The third kappa shape index (κ3) is 4.39. The van der Waals surface area contributed by atoms with Gasteiger partial charge < -0.3 is 34.3 Å². The monoisotopic (exact) mass is 512 g/mol. The summed E-state index contributed by atoms with van der Waals surface area (Å²) in [5, 5.41) is 13.3. The molecule has 6 rings (SSSR count). The van der Waals surface area contributed by atoms with Gasteiger partial charge in [0.15, 0.2) is 11.4 Å². The summed E-state index contributed by atoms with van der Waals surface area (Å²) in [4.78, 5) is 26.9. The molecule has 0 aliphatic carbocycles. The van der Waals surface area contributed by atoms with Gasteiger partial charge in [-0.2, -0.15) is 4.98 Å². The van der Waals surface area contributed by atoms with Crippen molar-refractivity contribution in [2.45, 2.75) is 19.3 Å². The van der Waals surface area contributed by atoms with E-state index >= 15 is 0 Å². The first-order valence-electron chi connectivity index (χ1n) is 12.4. The molecular formula is C25H29ClN6O4. The van der Waals surface area contributed by atoms with Crippen molar-refractivity contribution in [3.63, 3.8) is 0 Å². The van der Waals surface area contributed by atoms with Gasteiger partial charge in [-0.3, -0.25) is 0 Å². The SMILES string of the molecule is O=C(O)N1CCC2(CCN(c3nc(Nc4ccc(N5CCOCC5)c(Cl)c4)nc4ccoc34)CC2)C1. The third-order valence-electron chi connectivity index (χ3n) is 7.67. The molecular weight excluding hydrogens is 484 g/mol. The van der Waals surface area contributed by atoms with Crippen LogP contribution in [0.1, 0.15) is 19.3 Å². The quantitative estimate of drug-likeness (QED) is 0.525. The minimum atomic E-state index is -0.823. The Balaban J connectivity index is 1.20. The first-order chi connectivity index (χ1) is 17.5. The second kappa shape index (κ2) is 9.33. The lowest BCUT2D eigenvalue weighted by Gasteiger charge is -2.39. The molecule has 0 atom stereocenters. The second-order valence-corrected chi connectivity index (χ2v) is 10.2. The van der Waals surface area contributed by atoms with Gasteiger partial charge in [-0.15, -0.1) is 0 Å². The number of amides is 1. The predicted molar refractivity (Wildman–Crippen MR) is 138 cm³/mol. The normalized spacial score (nSPS) is 19.9. The van der Waals surface area contributed by atoms with Crippen LogP contribution in [0, 0.1) is 5.41 Å². The highest BCUT2D eigenvalue weighted by atomic mass is 35.5. The number of nitrogens with zero attached hydrogens (tertiary/aromatic N) is 5. The van der Waals surface area contributed by atoms with E-state index in [4.69, 9.17) is 25.7 Å². The number of hydrogen-bond acceptors (Lipinski definition) is 8. The second-order valence-electron chi connectivity index (χ2n) is 9.84. The van der Waals surface area contributed by atoms with E-state index in [1.54, 1.807) is 11.2 Å². The number of morpholine rings is 1. The van der Waals surface area contributed by atoms with Gasteiger partial charge in [0.1, 0.15) is 5.52 Å². The molecule has 3 saturated heterocycles. The number of anilines is 4. The highest BCUT2D eigenvalue weighted by Gasteiger charge is 2.42. The van der Waals surface area contributed by atoms with Crippen LogP contribution in [0.4, 0.5) is 27.9 Å². The minimum Gasteiger partial charge on any atom is -0.465 e. The van der Waals surface area contributed by atoms with Gasteiger partial charge in [-0.25, -0.2) is 9.78 Å². The van der Waals surface area contributed by atoms with Crippen molar-refractivity contribution < 1.29 is 19.1 Å². The smallest absolute Gasteiger partial charge is 0.407 e. The molecule has 11 heteroatoms. The van der Waals surface area contributed by atoms with Crippen LogP contribution in [0.5, 0.6) is 0 Å². The predicted octanol–water partition coefficient (Wildman–Crippen LogP) is 4.43. The number of carbonyl (C=O) groups is 1. The van der Waals surface area contributed by atoms with Gasteiger partial charge in [-0.1, -0.05) is 11.6 Å². The Labute approximate surface area is 213 Å². The molecule has 0 saturated carbocycles. The number of carboxylic acid groups (broad SMARTS) is 1. The summed E-state index contributed by atoms with van der Waals surface area (Å²) in [5.41, 5.74) is 3.26. The van der Waals surface area contributed by atoms with Gasteiger partial charge in [0.25, 0.3) is 0 Å². The summed E-state index contributed by atoms with van der Waals surface area (Å²) in [5.74, 6) is 1.23. The molecule has 2 aromatic heterocycles. The van der Waals surface area contributed by atoms with E-state index in [2.05, 4.69) is 20.1 Å². The first kappa shape index (κ1) is 23.2. The van der Waals surface area contributed by atoms with Crippen molar-refractivity contribution in [1.29, 1.82) is 0 Å². The summed E-state index contributed by atoms with van der Waals surface area (Å²) in [6.07, 6.45) is 3.57. The van der Waals surface area contributed by atoms with Crippen LogP contribution in [0.3, 0.4) is 0 Å². The van der Waals surface area contributed by atoms with E-state index in [1.807, 2.05) is 24.3 Å². The maximum Gasteiger partial charge on any atom is 0.407 e. The van der Waals surface area contributed by atoms with Crippen LogP contribution in [0.2, 0.25) is 5.02 Å². The lowest BCUT2D eigenvalue weighted by molar-refractivity contribution is 0.122. The van der Waals surface area contributed by atoms with Crippen molar-refractivity contribution in [2.24, 2.45) is 5.41 Å². The Morgan fingerprint density at radius 1 is 1.03 bits per heavy atom. The molecule has 1 amide bonds. The van der Waals surface area contributed by atoms with Crippen LogP contribution in [-0.4, -0.2) is 78.5 Å². The maximum absolute atomic E-state index is 11.4. The molecule has 36 heavy (non-hydrogen) atoms. The summed E-state index contributed by atoms with van der Waals surface area (Å²) < 4.78 is 11.2. The Hall–Kier alpha value is -3.24. The minimum absolute atomic E-state index is 0.0598. The summed E-state index contributed by atoms with van der Waals surface area (Å²) in [6, 6.07) is 7.73. The number of ether oxygens (including phenoxy) is 1. The number of rotatable bonds is 4. The van der Waals surface area contributed by atoms with Crippen molar-refractivity contribution in [3.8, 4) is 0 Å². The number of aromatic nitrogens is 2. The van der Waals surface area contributed by atoms with Crippen molar-refractivity contribution >= 4 is 51.9 Å². The molecule has 3 aromatic rings. The molecule has 3 aliphatic rings. The molecule has 1 spiro atoms. The fourth-order valence-electron chi connectivity index (χ4n) is 5.59. The highest BCUT2D eigenvalue weighted by molar-refractivity contribution is 6.33. The van der Waals surface area contributed by atoms with Crippen LogP contribution >= 0.6 is 11.6 Å². The van der Waals surface area contributed by atoms with E-state index in [1.165, 1.54) is 0 Å². The fourth-order valence-corrected chi connectivity index (χ4v) is 5.89. The number of furan rings is 1. The van der Waals surface area contributed by atoms with Crippen molar-refractivity contribution in [1.82, 2.24) is 14.9 Å². The Kier molecular flexibility index (Phi) is 6.00. The lowest BCUT2D eigenvalue weighted by Crippen LogP contribution is -2.42. The molecule has 0 bridgehead atoms. The number of nitrogens with one attached hydrogen (secondary N) is 1. The first-order valence-corrected chi connectivity index (χ1v) is 12.7. The van der Waals surface area contributed by atoms with E-state index in [-0.39, 0.29) is 5.41 Å². The van der Waals surface area contributed by atoms with Gasteiger partial charge in [0.2, 0.25) is 5.95 Å². The molecule has 1 aromatic carbocycles. The topological polar surface area (TPSA) is 107 Å². The molecule has 190 valence electrons. The Morgan fingerprint density at radius 3 is 2.53 bits per heavy atom.